The first kappa shape index (κ1) is 48.0. The Morgan fingerprint density at radius 1 is 0.806 bits per heavy atom. The van der Waals surface area contributed by atoms with Gasteiger partial charge in [0.2, 0.25) is 11.8 Å². The lowest BCUT2D eigenvalue weighted by Gasteiger charge is -2.31. The Hall–Kier alpha value is -6.92. The molecular weight excluding hydrogens is 863 g/mol. The van der Waals surface area contributed by atoms with E-state index in [0.717, 1.165) is 28.9 Å². The van der Waals surface area contributed by atoms with Crippen molar-refractivity contribution in [1.29, 1.82) is 0 Å². The summed E-state index contributed by atoms with van der Waals surface area (Å²) in [5.74, 6) is -0.0775. The molecule has 0 spiro atoms. The second-order valence-electron chi connectivity index (χ2n) is 17.5. The third kappa shape index (κ3) is 10.5. The molecule has 18 heteroatoms. The van der Waals surface area contributed by atoms with E-state index in [4.69, 9.17) is 29.4 Å². The zero-order valence-electron chi connectivity index (χ0n) is 38.9. The maximum atomic E-state index is 14.0. The summed E-state index contributed by atoms with van der Waals surface area (Å²) in [5.41, 5.74) is 10.1. The van der Waals surface area contributed by atoms with Crippen molar-refractivity contribution in [2.75, 3.05) is 37.7 Å². The van der Waals surface area contributed by atoms with Crippen LogP contribution in [0.4, 0.5) is 21.9 Å². The number of ether oxygens (including phenoxy) is 5. The van der Waals surface area contributed by atoms with E-state index in [2.05, 4.69) is 15.6 Å². The normalized spacial score (nSPS) is 19.2. The number of hydrogen-bond acceptors (Lipinski definition) is 13. The maximum Gasteiger partial charge on any atom is 0.416 e. The summed E-state index contributed by atoms with van der Waals surface area (Å²) in [6.07, 6.45) is 6.03. The number of fused-ring (bicyclic) bond motifs is 4. The smallest absolute Gasteiger partial charge is 0.416 e. The fourth-order valence-corrected chi connectivity index (χ4v) is 8.25. The average molecular weight is 922 g/mol. The van der Waals surface area contributed by atoms with Crippen LogP contribution in [-0.2, 0) is 20.9 Å². The predicted molar refractivity (Wildman–Crippen MR) is 250 cm³/mol. The molecule has 4 aliphatic rings. The summed E-state index contributed by atoms with van der Waals surface area (Å²) in [6, 6.07) is 10.5. The molecule has 356 valence electrons. The van der Waals surface area contributed by atoms with Gasteiger partial charge in [-0.3, -0.25) is 24.2 Å². The van der Waals surface area contributed by atoms with Gasteiger partial charge in [-0.05, 0) is 88.6 Å². The van der Waals surface area contributed by atoms with E-state index in [0.29, 0.717) is 59.9 Å². The number of unbranched alkanes of at least 4 members (excludes halogenated alkanes) is 2. The number of aliphatic imine (C=N–C) groups is 1. The molecule has 67 heavy (non-hydrogen) atoms. The summed E-state index contributed by atoms with van der Waals surface area (Å²) in [7, 11) is 2.98. The molecule has 0 aliphatic carbocycles. The number of nitrogens with zero attached hydrogens (tertiary/aromatic N) is 4. The number of methoxy groups -OCH3 is 2. The predicted octanol–water partition coefficient (Wildman–Crippen LogP) is 6.19. The highest BCUT2D eigenvalue weighted by Crippen LogP contribution is 2.43. The summed E-state index contributed by atoms with van der Waals surface area (Å²) in [5, 5.41) is 17.2. The lowest BCUT2D eigenvalue weighted by molar-refractivity contribution is -0.127. The largest absolute Gasteiger partial charge is 0.493 e. The van der Waals surface area contributed by atoms with Crippen molar-refractivity contribution in [2.24, 2.45) is 16.6 Å². The van der Waals surface area contributed by atoms with Gasteiger partial charge in [0.1, 0.15) is 12.6 Å². The van der Waals surface area contributed by atoms with Gasteiger partial charge in [-0.15, -0.1) is 0 Å². The van der Waals surface area contributed by atoms with Crippen LogP contribution >= 0.6 is 0 Å². The summed E-state index contributed by atoms with van der Waals surface area (Å²) >= 11 is 0. The van der Waals surface area contributed by atoms with Gasteiger partial charge in [-0.2, -0.15) is 0 Å². The van der Waals surface area contributed by atoms with E-state index >= 15 is 0 Å². The molecule has 0 aromatic heterocycles. The summed E-state index contributed by atoms with van der Waals surface area (Å²) < 4.78 is 29.3. The zero-order chi connectivity index (χ0) is 48.1. The molecular formula is C49H59N7O11. The standard InChI is InChI=1S/C49H59N7O11/c1-27(2)43(50)45(58)52-30(5)44(57)53-32-13-11-31(12-14-32)26-67-49(62)56-37-22-42(40(64-7)20-35(37)47(60)55-25-29(4)18-38(55)48(56)61)66-16-10-8-9-15-65-41-21-36-34(19-39(41)63-6)46(59)54-24-28(3)17-33(54)23-51-36/h11-14,19-25,27,30,33,38,43,48,61H,8-10,15-18,26,50H2,1-7H3,(H,52,58)(H,53,57). The Balaban J connectivity index is 0.975. The minimum absolute atomic E-state index is 0.0912. The quantitative estimate of drug-likeness (QED) is 0.111. The van der Waals surface area contributed by atoms with E-state index in [-0.39, 0.29) is 53.8 Å². The van der Waals surface area contributed by atoms with Crippen molar-refractivity contribution in [3.63, 3.8) is 0 Å². The van der Waals surface area contributed by atoms with Crippen LogP contribution in [-0.4, -0.2) is 109 Å². The van der Waals surface area contributed by atoms with E-state index < -0.39 is 48.2 Å². The molecule has 4 aliphatic heterocycles. The Labute approximate surface area is 389 Å². The van der Waals surface area contributed by atoms with Crippen LogP contribution in [0.2, 0.25) is 0 Å². The topological polar surface area (TPSA) is 224 Å². The number of aliphatic hydroxyl groups excluding tert-OH is 1. The highest BCUT2D eigenvalue weighted by atomic mass is 16.6. The molecule has 0 bridgehead atoms. The number of amides is 5. The van der Waals surface area contributed by atoms with Crippen LogP contribution in [0.5, 0.6) is 23.0 Å². The molecule has 4 heterocycles. The number of anilines is 2. The van der Waals surface area contributed by atoms with E-state index in [9.17, 15) is 29.1 Å². The van der Waals surface area contributed by atoms with Gasteiger partial charge in [0.25, 0.3) is 11.8 Å². The SMILES string of the molecule is COc1cc2c(cc1OCCCCCOc1cc3c(cc1OC)C(=O)N1C=C(C)CC1C(O)N3C(=O)OCc1ccc(NC(=O)C(C)NC(=O)C(N)C(C)C)cc1)N=CC1CC(C)=CN1C2=O. The van der Waals surface area contributed by atoms with Crippen LogP contribution in [0.25, 0.3) is 0 Å². The highest BCUT2D eigenvalue weighted by Gasteiger charge is 2.45. The Kier molecular flexibility index (Phi) is 14.9. The molecule has 5 amide bonds. The molecule has 18 nitrogen and oxygen atoms in total. The molecule has 0 radical (unpaired) electrons. The second-order valence-corrected chi connectivity index (χ2v) is 17.5. The number of aliphatic hydroxyl groups is 1. The number of hydrogen-bond donors (Lipinski definition) is 4. The van der Waals surface area contributed by atoms with Gasteiger partial charge < -0.3 is 55.0 Å². The fourth-order valence-electron chi connectivity index (χ4n) is 8.25. The monoisotopic (exact) mass is 921 g/mol. The van der Waals surface area contributed by atoms with Gasteiger partial charge in [-0.1, -0.05) is 37.1 Å². The molecule has 0 fully saturated rings. The lowest BCUT2D eigenvalue weighted by Crippen LogP contribution is -2.50. The van der Waals surface area contributed by atoms with Crippen molar-refractivity contribution < 1.29 is 52.8 Å². The fraction of sp³-hybridized carbons (Fsp3) is 0.429. The molecule has 5 unspecified atom stereocenters. The number of carbonyl (C=O) groups excluding carboxylic acids is 5. The van der Waals surface area contributed by atoms with Crippen LogP contribution in [0.1, 0.15) is 93.0 Å². The second kappa shape index (κ2) is 20.7. The van der Waals surface area contributed by atoms with E-state index in [1.165, 1.54) is 31.3 Å². The van der Waals surface area contributed by atoms with Gasteiger partial charge >= 0.3 is 6.09 Å². The number of nitrogens with one attached hydrogen (secondary N) is 2. The van der Waals surface area contributed by atoms with Crippen LogP contribution in [0, 0.1) is 5.92 Å². The molecule has 0 saturated carbocycles. The number of nitrogens with two attached hydrogens (primary N) is 1. The number of rotatable bonds is 17. The molecule has 5 N–H and O–H groups in total. The van der Waals surface area contributed by atoms with Crippen LogP contribution < -0.4 is 40.2 Å². The van der Waals surface area contributed by atoms with Crippen LogP contribution in [0.15, 0.2) is 77.1 Å². The van der Waals surface area contributed by atoms with Crippen LogP contribution in [0.3, 0.4) is 0 Å². The molecule has 3 aromatic carbocycles. The van der Waals surface area contributed by atoms with E-state index in [1.807, 2.05) is 33.9 Å². The number of benzene rings is 3. The van der Waals surface area contributed by atoms with Crippen molar-refractivity contribution in [2.45, 2.75) is 104 Å². The molecule has 5 atom stereocenters. The summed E-state index contributed by atoms with van der Waals surface area (Å²) in [6.45, 7) is 9.46. The third-order valence-electron chi connectivity index (χ3n) is 12.1. The summed E-state index contributed by atoms with van der Waals surface area (Å²) in [4.78, 5) is 75.4. The number of carbonyl (C=O) groups is 5. The van der Waals surface area contributed by atoms with Crippen molar-refractivity contribution in [3.8, 4) is 23.0 Å². The Bertz CT molecular complexity index is 2490. The van der Waals surface area contributed by atoms with Gasteiger partial charge in [0, 0.05) is 36.4 Å². The Morgan fingerprint density at radius 2 is 1.42 bits per heavy atom. The molecule has 7 rings (SSSR count). The molecule has 3 aromatic rings. The van der Waals surface area contributed by atoms with Gasteiger partial charge in [0.15, 0.2) is 29.2 Å². The minimum atomic E-state index is -1.48. The first-order chi connectivity index (χ1) is 32.1. The average Bonchev–Trinajstić information content (AvgIpc) is 3.85. The third-order valence-corrected chi connectivity index (χ3v) is 12.1. The van der Waals surface area contributed by atoms with Gasteiger partial charge in [0.05, 0.1) is 68.1 Å². The first-order valence-electron chi connectivity index (χ1n) is 22.4. The minimum Gasteiger partial charge on any atom is -0.493 e. The zero-order valence-corrected chi connectivity index (χ0v) is 38.9. The lowest BCUT2D eigenvalue weighted by atomic mass is 10.0. The highest BCUT2D eigenvalue weighted by molar-refractivity contribution is 6.07. The van der Waals surface area contributed by atoms with Crippen molar-refractivity contribution in [3.05, 3.63) is 88.8 Å². The molecule has 0 saturated heterocycles. The maximum absolute atomic E-state index is 14.0. The first-order valence-corrected chi connectivity index (χ1v) is 22.4. The Morgan fingerprint density at radius 3 is 2.07 bits per heavy atom. The van der Waals surface area contributed by atoms with Crippen molar-refractivity contribution >= 4 is 53.0 Å². The van der Waals surface area contributed by atoms with Gasteiger partial charge in [-0.25, -0.2) is 9.69 Å². The van der Waals surface area contributed by atoms with E-state index in [1.54, 1.807) is 60.6 Å². The van der Waals surface area contributed by atoms with Crippen molar-refractivity contribution in [1.82, 2.24) is 15.1 Å².